The van der Waals surface area contributed by atoms with Gasteiger partial charge in [0.05, 0.1) is 12.3 Å². The standard InChI is InChI=1S/C10H16N2OS/c1-3-6-11-10(14)12-8(2)9-5-4-7-13-9/h4-5,7-8H,3,6H2,1-2H3,(H2,11,12,14). The molecule has 0 spiro atoms. The molecular weight excluding hydrogens is 196 g/mol. The molecule has 0 saturated carbocycles. The van der Waals surface area contributed by atoms with Gasteiger partial charge in [-0.2, -0.15) is 0 Å². The van der Waals surface area contributed by atoms with E-state index in [9.17, 15) is 0 Å². The van der Waals surface area contributed by atoms with Crippen molar-refractivity contribution in [1.82, 2.24) is 10.6 Å². The van der Waals surface area contributed by atoms with Crippen molar-refractivity contribution in [3.63, 3.8) is 0 Å². The van der Waals surface area contributed by atoms with Gasteiger partial charge >= 0.3 is 0 Å². The number of furan rings is 1. The first-order valence-electron chi connectivity index (χ1n) is 4.81. The van der Waals surface area contributed by atoms with Gasteiger partial charge in [0.25, 0.3) is 0 Å². The van der Waals surface area contributed by atoms with E-state index >= 15 is 0 Å². The fourth-order valence-electron chi connectivity index (χ4n) is 1.09. The van der Waals surface area contributed by atoms with Crippen molar-refractivity contribution >= 4 is 17.3 Å². The third-order valence-corrected chi connectivity index (χ3v) is 2.12. The molecule has 1 atom stereocenters. The van der Waals surface area contributed by atoms with Crippen LogP contribution in [0.2, 0.25) is 0 Å². The fourth-order valence-corrected chi connectivity index (χ4v) is 1.37. The van der Waals surface area contributed by atoms with Gasteiger partial charge in [-0.15, -0.1) is 0 Å². The molecule has 1 aromatic heterocycles. The normalized spacial score (nSPS) is 12.1. The second kappa shape index (κ2) is 5.65. The van der Waals surface area contributed by atoms with Gasteiger partial charge in [0, 0.05) is 6.54 Å². The molecule has 0 aliphatic rings. The molecule has 0 aliphatic carbocycles. The van der Waals surface area contributed by atoms with Crippen LogP contribution < -0.4 is 10.6 Å². The highest BCUT2D eigenvalue weighted by atomic mass is 32.1. The summed E-state index contributed by atoms with van der Waals surface area (Å²) >= 11 is 5.11. The zero-order chi connectivity index (χ0) is 10.4. The molecular formula is C10H16N2OS. The van der Waals surface area contributed by atoms with Crippen LogP contribution in [0.1, 0.15) is 32.1 Å². The summed E-state index contributed by atoms with van der Waals surface area (Å²) in [6.07, 6.45) is 2.73. The van der Waals surface area contributed by atoms with Gasteiger partial charge in [-0.3, -0.25) is 0 Å². The number of thiocarbonyl (C=S) groups is 1. The van der Waals surface area contributed by atoms with Crippen molar-refractivity contribution in [2.45, 2.75) is 26.3 Å². The zero-order valence-electron chi connectivity index (χ0n) is 8.54. The molecule has 1 unspecified atom stereocenters. The maximum absolute atomic E-state index is 5.25. The van der Waals surface area contributed by atoms with Gasteiger partial charge in [-0.05, 0) is 37.7 Å². The molecule has 3 nitrogen and oxygen atoms in total. The first kappa shape index (κ1) is 11.0. The summed E-state index contributed by atoms with van der Waals surface area (Å²) < 4.78 is 5.25. The minimum atomic E-state index is 0.113. The molecule has 1 rings (SSSR count). The van der Waals surface area contributed by atoms with Gasteiger partial charge < -0.3 is 15.1 Å². The van der Waals surface area contributed by atoms with Crippen LogP contribution >= 0.6 is 12.2 Å². The van der Waals surface area contributed by atoms with Crippen LogP contribution in [0.3, 0.4) is 0 Å². The number of rotatable bonds is 4. The van der Waals surface area contributed by atoms with Crippen molar-refractivity contribution in [2.24, 2.45) is 0 Å². The molecule has 4 heteroatoms. The van der Waals surface area contributed by atoms with Gasteiger partial charge in [-0.25, -0.2) is 0 Å². The number of nitrogens with one attached hydrogen (secondary N) is 2. The Morgan fingerprint density at radius 1 is 1.64 bits per heavy atom. The molecule has 0 aromatic carbocycles. The molecule has 0 aliphatic heterocycles. The minimum Gasteiger partial charge on any atom is -0.467 e. The van der Waals surface area contributed by atoms with E-state index in [0.717, 1.165) is 18.7 Å². The summed E-state index contributed by atoms with van der Waals surface area (Å²) in [6.45, 7) is 5.01. The van der Waals surface area contributed by atoms with E-state index in [2.05, 4.69) is 17.6 Å². The van der Waals surface area contributed by atoms with Gasteiger partial charge in [-0.1, -0.05) is 6.92 Å². The molecule has 2 N–H and O–H groups in total. The van der Waals surface area contributed by atoms with E-state index in [0.29, 0.717) is 5.11 Å². The SMILES string of the molecule is CCCNC(=S)NC(C)c1ccco1. The smallest absolute Gasteiger partial charge is 0.166 e. The second-order valence-corrected chi connectivity index (χ2v) is 3.55. The lowest BCUT2D eigenvalue weighted by atomic mass is 10.2. The lowest BCUT2D eigenvalue weighted by Crippen LogP contribution is -2.36. The highest BCUT2D eigenvalue weighted by Gasteiger charge is 2.08. The van der Waals surface area contributed by atoms with Crippen LogP contribution in [0.25, 0.3) is 0 Å². The van der Waals surface area contributed by atoms with E-state index in [1.807, 2.05) is 19.1 Å². The summed E-state index contributed by atoms with van der Waals surface area (Å²) in [6, 6.07) is 3.91. The number of hydrogen-bond donors (Lipinski definition) is 2. The average molecular weight is 212 g/mol. The van der Waals surface area contributed by atoms with Gasteiger partial charge in [0.2, 0.25) is 0 Å². The van der Waals surface area contributed by atoms with E-state index in [4.69, 9.17) is 16.6 Å². The van der Waals surface area contributed by atoms with Crippen molar-refractivity contribution in [3.05, 3.63) is 24.2 Å². The number of hydrogen-bond acceptors (Lipinski definition) is 2. The summed E-state index contributed by atoms with van der Waals surface area (Å²) in [5.41, 5.74) is 0. The van der Waals surface area contributed by atoms with Crippen molar-refractivity contribution in [3.8, 4) is 0 Å². The Labute approximate surface area is 89.9 Å². The first-order valence-corrected chi connectivity index (χ1v) is 5.22. The first-order chi connectivity index (χ1) is 6.74. The lowest BCUT2D eigenvalue weighted by Gasteiger charge is -2.14. The monoisotopic (exact) mass is 212 g/mol. The maximum atomic E-state index is 5.25. The van der Waals surface area contributed by atoms with E-state index in [1.165, 1.54) is 0 Å². The van der Waals surface area contributed by atoms with Crippen molar-refractivity contribution < 1.29 is 4.42 Å². The predicted octanol–water partition coefficient (Wildman–Crippen LogP) is 2.21. The van der Waals surface area contributed by atoms with Crippen LogP contribution in [-0.2, 0) is 0 Å². The largest absolute Gasteiger partial charge is 0.467 e. The summed E-state index contributed by atoms with van der Waals surface area (Å²) in [4.78, 5) is 0. The van der Waals surface area contributed by atoms with Gasteiger partial charge in [0.15, 0.2) is 5.11 Å². The van der Waals surface area contributed by atoms with Crippen molar-refractivity contribution in [2.75, 3.05) is 6.54 Å². The predicted molar refractivity (Wildman–Crippen MR) is 61.2 cm³/mol. The quantitative estimate of drug-likeness (QED) is 0.750. The molecule has 0 amide bonds. The molecule has 0 fully saturated rings. The molecule has 0 bridgehead atoms. The Hall–Kier alpha value is -1.03. The highest BCUT2D eigenvalue weighted by molar-refractivity contribution is 7.80. The van der Waals surface area contributed by atoms with E-state index < -0.39 is 0 Å². The van der Waals surface area contributed by atoms with Crippen molar-refractivity contribution in [1.29, 1.82) is 0 Å². The highest BCUT2D eigenvalue weighted by Crippen LogP contribution is 2.11. The second-order valence-electron chi connectivity index (χ2n) is 3.14. The zero-order valence-corrected chi connectivity index (χ0v) is 9.36. The van der Waals surface area contributed by atoms with Crippen LogP contribution in [0.4, 0.5) is 0 Å². The van der Waals surface area contributed by atoms with Gasteiger partial charge in [0.1, 0.15) is 5.76 Å². The Morgan fingerprint density at radius 2 is 2.43 bits per heavy atom. The Morgan fingerprint density at radius 3 is 3.00 bits per heavy atom. The molecule has 1 aromatic rings. The summed E-state index contributed by atoms with van der Waals surface area (Å²) in [7, 11) is 0. The molecule has 78 valence electrons. The minimum absolute atomic E-state index is 0.113. The molecule has 14 heavy (non-hydrogen) atoms. The third-order valence-electron chi connectivity index (χ3n) is 1.85. The van der Waals surface area contributed by atoms with Crippen LogP contribution in [-0.4, -0.2) is 11.7 Å². The van der Waals surface area contributed by atoms with E-state index in [1.54, 1.807) is 6.26 Å². The Kier molecular flexibility index (Phi) is 4.46. The fraction of sp³-hybridized carbons (Fsp3) is 0.500. The average Bonchev–Trinajstić information content (AvgIpc) is 2.67. The van der Waals surface area contributed by atoms with Crippen LogP contribution in [0.5, 0.6) is 0 Å². The summed E-state index contributed by atoms with van der Waals surface area (Å²) in [5, 5.41) is 6.92. The molecule has 0 radical (unpaired) electrons. The van der Waals surface area contributed by atoms with Crippen LogP contribution in [0.15, 0.2) is 22.8 Å². The molecule has 1 heterocycles. The Bertz CT molecular complexity index is 272. The summed E-state index contributed by atoms with van der Waals surface area (Å²) in [5.74, 6) is 0.894. The maximum Gasteiger partial charge on any atom is 0.166 e. The lowest BCUT2D eigenvalue weighted by molar-refractivity contribution is 0.462. The van der Waals surface area contributed by atoms with Crippen LogP contribution in [0, 0.1) is 0 Å². The Balaban J connectivity index is 2.33. The van der Waals surface area contributed by atoms with E-state index in [-0.39, 0.29) is 6.04 Å². The third kappa shape index (κ3) is 3.38. The topological polar surface area (TPSA) is 37.2 Å². The molecule has 0 saturated heterocycles.